The largest absolute Gasteiger partial charge is 0.212 e. The molecule has 1 heterocycles. The molecule has 3 aromatic rings. The predicted octanol–water partition coefficient (Wildman–Crippen LogP) is 6.51. The summed E-state index contributed by atoms with van der Waals surface area (Å²) in [6.07, 6.45) is 6.23. The van der Waals surface area contributed by atoms with Crippen LogP contribution in [0.5, 0.6) is 0 Å². The van der Waals surface area contributed by atoms with Crippen molar-refractivity contribution in [2.45, 2.75) is 51.8 Å². The highest BCUT2D eigenvalue weighted by molar-refractivity contribution is 5.73. The maximum absolute atomic E-state index is 9.18. The highest BCUT2D eigenvalue weighted by atomic mass is 14.9. The summed E-state index contributed by atoms with van der Waals surface area (Å²) in [6.45, 7) is -0.156. The van der Waals surface area contributed by atoms with Gasteiger partial charge in [0.05, 0.1) is 0 Å². The second-order valence-corrected chi connectivity index (χ2v) is 7.66. The van der Waals surface area contributed by atoms with Crippen LogP contribution in [-0.2, 0) is 7.05 Å². The van der Waals surface area contributed by atoms with E-state index >= 15 is 0 Å². The summed E-state index contributed by atoms with van der Waals surface area (Å²) in [6, 6.07) is 18.7. The van der Waals surface area contributed by atoms with Crippen molar-refractivity contribution in [3.8, 4) is 22.4 Å². The van der Waals surface area contributed by atoms with Crippen LogP contribution in [0.1, 0.15) is 60.2 Å². The van der Waals surface area contributed by atoms with Crippen molar-refractivity contribution in [3.63, 3.8) is 0 Å². The normalized spacial score (nSPS) is 18.9. The van der Waals surface area contributed by atoms with Gasteiger partial charge in [0.2, 0.25) is 5.69 Å². The Bertz CT molecular complexity index is 1080. The van der Waals surface area contributed by atoms with Gasteiger partial charge in [-0.25, -0.2) is 4.57 Å². The number of rotatable bonds is 3. The van der Waals surface area contributed by atoms with Crippen molar-refractivity contribution in [3.05, 3.63) is 77.5 Å². The van der Waals surface area contributed by atoms with Gasteiger partial charge in [-0.15, -0.1) is 0 Å². The molecule has 138 valence electrons. The number of pyridine rings is 1. The van der Waals surface area contributed by atoms with Gasteiger partial charge in [0.1, 0.15) is 7.05 Å². The fraction of sp³-hybridized carbons (Fsp3) is 0.346. The lowest BCUT2D eigenvalue weighted by molar-refractivity contribution is -0.660. The van der Waals surface area contributed by atoms with Gasteiger partial charge < -0.3 is 0 Å². The second kappa shape index (κ2) is 7.68. The minimum Gasteiger partial charge on any atom is -0.201 e. The first-order chi connectivity index (χ1) is 14.7. The number of aryl methyl sites for hydroxylation is 3. The van der Waals surface area contributed by atoms with Crippen LogP contribution in [0.2, 0.25) is 0 Å². The predicted molar refractivity (Wildman–Crippen MR) is 114 cm³/mol. The molecular weight excluding hydrogens is 326 g/mol. The Morgan fingerprint density at radius 1 is 0.926 bits per heavy atom. The molecule has 1 saturated carbocycles. The fourth-order valence-corrected chi connectivity index (χ4v) is 4.17. The third-order valence-electron chi connectivity index (χ3n) is 5.73. The smallest absolute Gasteiger partial charge is 0.201 e. The first-order valence-electron chi connectivity index (χ1n) is 11.9. The zero-order valence-electron chi connectivity index (χ0n) is 20.3. The van der Waals surface area contributed by atoms with E-state index in [1.54, 1.807) is 6.20 Å². The first-order valence-corrected chi connectivity index (χ1v) is 9.90. The van der Waals surface area contributed by atoms with Gasteiger partial charge in [0.25, 0.3) is 0 Å². The summed E-state index contributed by atoms with van der Waals surface area (Å²) in [5.74, 6) is -0.837. The molecule has 4 rings (SSSR count). The summed E-state index contributed by atoms with van der Waals surface area (Å²) in [5.41, 5.74) is 6.41. The molecule has 27 heavy (non-hydrogen) atoms. The van der Waals surface area contributed by atoms with E-state index in [9.17, 15) is 1.37 Å². The monoisotopic (exact) mass is 360 g/mol. The van der Waals surface area contributed by atoms with Crippen LogP contribution in [0.4, 0.5) is 0 Å². The number of aromatic nitrogens is 1. The molecule has 0 amide bonds. The standard InChI is InChI=1S/C26H30N/c1-19-14-15-23(21-10-6-4-7-11-21)16-25(19)26-17-24(20(2)18-27(26)3)22-12-8-5-9-13-22/h4,6-7,10-11,14-18,22H,5,8-9,12-13H2,1-3H3/q+1/i2D3,22D. The molecule has 0 spiro atoms. The van der Waals surface area contributed by atoms with E-state index in [4.69, 9.17) is 4.11 Å². The number of hydrogen-bond acceptors (Lipinski definition) is 0. The highest BCUT2D eigenvalue weighted by Crippen LogP contribution is 2.36. The molecule has 0 N–H and O–H groups in total. The number of hydrogen-bond donors (Lipinski definition) is 0. The molecule has 1 heteroatoms. The van der Waals surface area contributed by atoms with Gasteiger partial charge in [-0.2, -0.15) is 0 Å². The highest BCUT2D eigenvalue weighted by Gasteiger charge is 2.22. The Labute approximate surface area is 169 Å². The average Bonchev–Trinajstić information content (AvgIpc) is 2.74. The summed E-state index contributed by atoms with van der Waals surface area (Å²) in [4.78, 5) is 0. The lowest BCUT2D eigenvalue weighted by atomic mass is 9.82. The maximum atomic E-state index is 9.18. The zero-order chi connectivity index (χ0) is 22.2. The van der Waals surface area contributed by atoms with E-state index in [1.807, 2.05) is 35.9 Å². The summed E-state index contributed by atoms with van der Waals surface area (Å²) >= 11 is 0. The maximum Gasteiger partial charge on any atom is 0.212 e. The summed E-state index contributed by atoms with van der Waals surface area (Å²) in [5, 5.41) is 0. The van der Waals surface area contributed by atoms with Crippen LogP contribution in [-0.4, -0.2) is 0 Å². The Morgan fingerprint density at radius 2 is 1.70 bits per heavy atom. The Hall–Kier alpha value is -2.41. The lowest BCUT2D eigenvalue weighted by Crippen LogP contribution is -2.32. The third kappa shape index (κ3) is 3.69. The Morgan fingerprint density at radius 3 is 2.44 bits per heavy atom. The van der Waals surface area contributed by atoms with Gasteiger partial charge in [0, 0.05) is 22.7 Å². The van der Waals surface area contributed by atoms with Crippen molar-refractivity contribution in [1.29, 1.82) is 0 Å². The lowest BCUT2D eigenvalue weighted by Gasteiger charge is -2.23. The molecular formula is C26H30N+. The number of benzene rings is 2. The molecule has 0 atom stereocenters. The van der Waals surface area contributed by atoms with E-state index in [2.05, 4.69) is 37.3 Å². The van der Waals surface area contributed by atoms with Crippen molar-refractivity contribution in [1.82, 2.24) is 0 Å². The van der Waals surface area contributed by atoms with E-state index in [-0.39, 0.29) is 0 Å². The van der Waals surface area contributed by atoms with Crippen LogP contribution >= 0.6 is 0 Å². The fourth-order valence-electron chi connectivity index (χ4n) is 4.17. The van der Waals surface area contributed by atoms with Gasteiger partial charge in [-0.05, 0) is 60.8 Å². The van der Waals surface area contributed by atoms with E-state index < -0.39 is 12.7 Å². The Kier molecular flexibility index (Phi) is 3.90. The first kappa shape index (κ1) is 13.7. The van der Waals surface area contributed by atoms with Crippen molar-refractivity contribution in [2.24, 2.45) is 7.05 Å². The van der Waals surface area contributed by atoms with Crippen molar-refractivity contribution in [2.75, 3.05) is 0 Å². The van der Waals surface area contributed by atoms with Gasteiger partial charge >= 0.3 is 0 Å². The molecule has 1 aromatic heterocycles. The van der Waals surface area contributed by atoms with Crippen LogP contribution < -0.4 is 4.57 Å². The average molecular weight is 361 g/mol. The third-order valence-corrected chi connectivity index (χ3v) is 5.73. The summed E-state index contributed by atoms with van der Waals surface area (Å²) in [7, 11) is 1.90. The molecule has 1 nitrogen and oxygen atoms in total. The molecule has 1 aliphatic rings. The molecule has 0 radical (unpaired) electrons. The second-order valence-electron chi connectivity index (χ2n) is 7.66. The van der Waals surface area contributed by atoms with E-state index in [0.717, 1.165) is 47.2 Å². The quantitative estimate of drug-likeness (QED) is 0.469. The van der Waals surface area contributed by atoms with Crippen LogP contribution in [0.25, 0.3) is 22.4 Å². The molecule has 1 fully saturated rings. The summed E-state index contributed by atoms with van der Waals surface area (Å²) < 4.78 is 35.4. The molecule has 0 unspecified atom stereocenters. The SMILES string of the molecule is [2H]C([2H])([2H])c1c[n+](C)c(-c2cc(-c3ccccc3)ccc2C)cc1C1([2H])CCCCC1. The molecule has 0 aliphatic heterocycles. The number of nitrogens with zero attached hydrogens (tertiary/aromatic N) is 1. The van der Waals surface area contributed by atoms with Crippen LogP contribution in [0.3, 0.4) is 0 Å². The van der Waals surface area contributed by atoms with Crippen molar-refractivity contribution < 1.29 is 10.1 Å². The molecule has 1 aliphatic carbocycles. The minimum absolute atomic E-state index is 0.313. The van der Waals surface area contributed by atoms with Crippen molar-refractivity contribution >= 4 is 0 Å². The van der Waals surface area contributed by atoms with Gasteiger partial charge in [-0.1, -0.05) is 61.7 Å². The molecule has 0 bridgehead atoms. The molecule has 0 saturated heterocycles. The Balaban J connectivity index is 1.91. The van der Waals surface area contributed by atoms with E-state index in [0.29, 0.717) is 24.0 Å². The van der Waals surface area contributed by atoms with E-state index in [1.165, 1.54) is 0 Å². The minimum atomic E-state index is -2.24. The van der Waals surface area contributed by atoms with Crippen LogP contribution in [0.15, 0.2) is 60.8 Å². The van der Waals surface area contributed by atoms with Gasteiger partial charge in [-0.3, -0.25) is 0 Å². The zero-order valence-corrected chi connectivity index (χ0v) is 16.3. The topological polar surface area (TPSA) is 3.88 Å². The van der Waals surface area contributed by atoms with Crippen LogP contribution in [0, 0.1) is 13.8 Å². The van der Waals surface area contributed by atoms with Gasteiger partial charge in [0.15, 0.2) is 6.20 Å². The molecule has 2 aromatic carbocycles.